The van der Waals surface area contributed by atoms with Crippen molar-refractivity contribution in [1.82, 2.24) is 10.2 Å². The zero-order valence-electron chi connectivity index (χ0n) is 7.56. The van der Waals surface area contributed by atoms with E-state index in [0.717, 1.165) is 0 Å². The number of hydrogen-bond donors (Lipinski definition) is 5. The molecule has 0 spiro atoms. The molecule has 14 heavy (non-hydrogen) atoms. The van der Waals surface area contributed by atoms with Crippen LogP contribution in [0.15, 0.2) is 0 Å². The maximum atomic E-state index is 10.6. The Bertz CT molecular complexity index is 329. The average molecular weight is 200 g/mol. The van der Waals surface area contributed by atoms with Gasteiger partial charge in [0, 0.05) is 11.3 Å². The van der Waals surface area contributed by atoms with E-state index in [1.54, 1.807) is 6.92 Å². The Morgan fingerprint density at radius 3 is 2.50 bits per heavy atom. The first-order valence-corrected chi connectivity index (χ1v) is 3.91. The monoisotopic (exact) mass is 200 g/mol. The molecule has 0 saturated carbocycles. The summed E-state index contributed by atoms with van der Waals surface area (Å²) in [7, 11) is 0. The van der Waals surface area contributed by atoms with Crippen molar-refractivity contribution < 1.29 is 15.0 Å². The van der Waals surface area contributed by atoms with Gasteiger partial charge < -0.3 is 21.7 Å². The zero-order valence-corrected chi connectivity index (χ0v) is 7.56. The van der Waals surface area contributed by atoms with E-state index in [0.29, 0.717) is 5.69 Å². The normalized spacial score (nSPS) is 15.1. The van der Waals surface area contributed by atoms with E-state index in [4.69, 9.17) is 11.5 Å². The number of amides is 1. The lowest BCUT2D eigenvalue weighted by molar-refractivity contribution is -0.131. The van der Waals surface area contributed by atoms with Gasteiger partial charge in [-0.05, 0) is 6.92 Å². The number of aromatic nitrogens is 2. The molecule has 7 N–H and O–H groups in total. The molecule has 1 aromatic heterocycles. The molecule has 0 aromatic carbocycles. The Morgan fingerprint density at radius 1 is 1.57 bits per heavy atom. The highest BCUT2D eigenvalue weighted by atomic mass is 16.3. The van der Waals surface area contributed by atoms with Crippen LogP contribution < -0.4 is 11.5 Å². The molecule has 2 atom stereocenters. The largest absolute Gasteiger partial charge is 0.385 e. The van der Waals surface area contributed by atoms with Gasteiger partial charge in [-0.15, -0.1) is 0 Å². The Balaban J connectivity index is 2.99. The topological polar surface area (TPSA) is 138 Å². The number of primary amides is 1. The third-order valence-corrected chi connectivity index (χ3v) is 1.91. The van der Waals surface area contributed by atoms with Crippen LogP contribution in [0.4, 0.5) is 5.82 Å². The van der Waals surface area contributed by atoms with Crippen LogP contribution in [0.1, 0.15) is 17.4 Å². The second-order valence-corrected chi connectivity index (χ2v) is 2.94. The Labute approximate surface area is 79.7 Å². The summed E-state index contributed by atoms with van der Waals surface area (Å²) in [5.74, 6) is -0.979. The molecule has 1 aromatic rings. The lowest BCUT2D eigenvalue weighted by Gasteiger charge is -2.14. The minimum atomic E-state index is -1.69. The van der Waals surface area contributed by atoms with Crippen LogP contribution in [0.25, 0.3) is 0 Å². The van der Waals surface area contributed by atoms with Crippen LogP contribution >= 0.6 is 0 Å². The van der Waals surface area contributed by atoms with Crippen LogP contribution in [0.5, 0.6) is 0 Å². The van der Waals surface area contributed by atoms with Gasteiger partial charge in [0.15, 0.2) is 11.9 Å². The molecule has 1 amide bonds. The van der Waals surface area contributed by atoms with Gasteiger partial charge in [-0.25, -0.2) is 0 Å². The minimum Gasteiger partial charge on any atom is -0.385 e. The Hall–Kier alpha value is -1.60. The molecule has 0 fully saturated rings. The molecule has 0 aliphatic heterocycles. The molecule has 0 aliphatic rings. The standard InChI is InChI=1S/C7H12N4O3/c1-2-3(6(8)11-10-2)4(12)5(13)7(9)14/h4-5,12-13H,1H3,(H2,9,14)(H3,8,10,11). The molecule has 2 unspecified atom stereocenters. The summed E-state index contributed by atoms with van der Waals surface area (Å²) >= 11 is 0. The van der Waals surface area contributed by atoms with Crippen LogP contribution in [-0.2, 0) is 4.79 Å². The highest BCUT2D eigenvalue weighted by Crippen LogP contribution is 2.24. The molecule has 1 rings (SSSR count). The number of nitrogen functional groups attached to an aromatic ring is 1. The number of aliphatic hydroxyl groups excluding tert-OH is 2. The minimum absolute atomic E-state index is 0.0373. The summed E-state index contributed by atoms with van der Waals surface area (Å²) in [5.41, 5.74) is 10.9. The first-order valence-electron chi connectivity index (χ1n) is 3.91. The lowest BCUT2D eigenvalue weighted by atomic mass is 10.0. The van der Waals surface area contributed by atoms with E-state index in [9.17, 15) is 15.0 Å². The van der Waals surface area contributed by atoms with Crippen LogP contribution in [0.3, 0.4) is 0 Å². The van der Waals surface area contributed by atoms with E-state index in [1.807, 2.05) is 0 Å². The second kappa shape index (κ2) is 3.64. The van der Waals surface area contributed by atoms with Gasteiger partial charge in [0.25, 0.3) is 0 Å². The summed E-state index contributed by atoms with van der Waals surface area (Å²) < 4.78 is 0. The van der Waals surface area contributed by atoms with Crippen molar-refractivity contribution in [3.8, 4) is 0 Å². The number of aryl methyl sites for hydroxylation is 1. The number of nitrogens with zero attached hydrogens (tertiary/aromatic N) is 1. The summed E-state index contributed by atoms with van der Waals surface area (Å²) in [5, 5.41) is 24.8. The van der Waals surface area contributed by atoms with Gasteiger partial charge in [-0.2, -0.15) is 5.10 Å². The van der Waals surface area contributed by atoms with E-state index >= 15 is 0 Å². The smallest absolute Gasteiger partial charge is 0.249 e. The van der Waals surface area contributed by atoms with E-state index in [-0.39, 0.29) is 11.4 Å². The van der Waals surface area contributed by atoms with Crippen LogP contribution in [-0.4, -0.2) is 32.4 Å². The molecule has 7 nitrogen and oxygen atoms in total. The van der Waals surface area contributed by atoms with E-state index in [2.05, 4.69) is 10.2 Å². The molecule has 0 aliphatic carbocycles. The summed E-state index contributed by atoms with van der Waals surface area (Å²) in [4.78, 5) is 10.6. The van der Waals surface area contributed by atoms with Crippen LogP contribution in [0.2, 0.25) is 0 Å². The molecule has 78 valence electrons. The SMILES string of the molecule is Cc1[nH]nc(N)c1C(O)C(O)C(N)=O. The van der Waals surface area contributed by atoms with Gasteiger partial charge in [-0.1, -0.05) is 0 Å². The summed E-state index contributed by atoms with van der Waals surface area (Å²) in [6.45, 7) is 1.61. The number of H-pyrrole nitrogens is 1. The number of nitrogens with two attached hydrogens (primary N) is 2. The van der Waals surface area contributed by atoms with Crippen molar-refractivity contribution in [3.63, 3.8) is 0 Å². The summed E-state index contributed by atoms with van der Waals surface area (Å²) in [6.07, 6.45) is -3.14. The fourth-order valence-electron chi connectivity index (χ4n) is 1.14. The number of carbonyl (C=O) groups is 1. The first kappa shape index (κ1) is 10.5. The molecule has 0 saturated heterocycles. The number of nitrogens with one attached hydrogen (secondary N) is 1. The van der Waals surface area contributed by atoms with Crippen molar-refractivity contribution in [2.75, 3.05) is 5.73 Å². The number of rotatable bonds is 3. The average Bonchev–Trinajstić information content (AvgIpc) is 2.44. The van der Waals surface area contributed by atoms with E-state index < -0.39 is 18.1 Å². The maximum absolute atomic E-state index is 10.6. The summed E-state index contributed by atoms with van der Waals surface area (Å²) in [6, 6.07) is 0. The number of aliphatic hydroxyl groups is 2. The third-order valence-electron chi connectivity index (χ3n) is 1.91. The molecule has 0 bridgehead atoms. The van der Waals surface area contributed by atoms with Gasteiger partial charge in [0.05, 0.1) is 0 Å². The van der Waals surface area contributed by atoms with Gasteiger partial charge >= 0.3 is 0 Å². The van der Waals surface area contributed by atoms with Gasteiger partial charge in [0.2, 0.25) is 5.91 Å². The molecule has 7 heteroatoms. The lowest BCUT2D eigenvalue weighted by Crippen LogP contribution is -2.34. The predicted molar refractivity (Wildman–Crippen MR) is 47.9 cm³/mol. The van der Waals surface area contributed by atoms with Crippen molar-refractivity contribution in [1.29, 1.82) is 0 Å². The number of aromatic amines is 1. The Morgan fingerprint density at radius 2 is 2.14 bits per heavy atom. The van der Waals surface area contributed by atoms with Crippen molar-refractivity contribution in [3.05, 3.63) is 11.3 Å². The highest BCUT2D eigenvalue weighted by Gasteiger charge is 2.27. The second-order valence-electron chi connectivity index (χ2n) is 2.94. The quantitative estimate of drug-likeness (QED) is 0.391. The molecule has 1 heterocycles. The first-order chi connectivity index (χ1) is 6.45. The van der Waals surface area contributed by atoms with Gasteiger partial charge in [0.1, 0.15) is 6.10 Å². The fraction of sp³-hybridized carbons (Fsp3) is 0.429. The maximum Gasteiger partial charge on any atom is 0.249 e. The Kier molecular flexibility index (Phi) is 2.73. The number of hydrogen-bond acceptors (Lipinski definition) is 5. The highest BCUT2D eigenvalue weighted by molar-refractivity contribution is 5.79. The fourth-order valence-corrected chi connectivity index (χ4v) is 1.14. The molecule has 0 radical (unpaired) electrons. The molecular formula is C7H12N4O3. The third kappa shape index (κ3) is 1.68. The van der Waals surface area contributed by atoms with Crippen molar-refractivity contribution in [2.45, 2.75) is 19.1 Å². The van der Waals surface area contributed by atoms with Gasteiger partial charge in [-0.3, -0.25) is 9.89 Å². The van der Waals surface area contributed by atoms with Crippen molar-refractivity contribution in [2.24, 2.45) is 5.73 Å². The molecular weight excluding hydrogens is 188 g/mol. The predicted octanol–water partition coefficient (Wildman–Crippen LogP) is -1.82. The number of anilines is 1. The zero-order chi connectivity index (χ0) is 10.9. The van der Waals surface area contributed by atoms with Crippen molar-refractivity contribution >= 4 is 11.7 Å². The van der Waals surface area contributed by atoms with Crippen LogP contribution in [0, 0.1) is 6.92 Å². The van der Waals surface area contributed by atoms with E-state index in [1.165, 1.54) is 0 Å². The number of carbonyl (C=O) groups excluding carboxylic acids is 1.